The Labute approximate surface area is 174 Å². The lowest BCUT2D eigenvalue weighted by Crippen LogP contribution is -2.52. The molecule has 0 amide bonds. The van der Waals surface area contributed by atoms with Crippen molar-refractivity contribution in [1.82, 2.24) is 19.6 Å². The first-order valence-corrected chi connectivity index (χ1v) is 9.38. The van der Waals surface area contributed by atoms with Crippen molar-refractivity contribution in [3.63, 3.8) is 0 Å². The Morgan fingerprint density at radius 2 is 1.96 bits per heavy atom. The fraction of sp³-hybridized carbons (Fsp3) is 0.333. The van der Waals surface area contributed by atoms with Crippen LogP contribution in [0.3, 0.4) is 0 Å². The normalized spacial score (nSPS) is 15.2. The van der Waals surface area contributed by atoms with E-state index in [-0.39, 0.29) is 24.0 Å². The summed E-state index contributed by atoms with van der Waals surface area (Å²) in [6.45, 7) is 4.63. The summed E-state index contributed by atoms with van der Waals surface area (Å²) in [7, 11) is 1.84. The van der Waals surface area contributed by atoms with E-state index in [0.29, 0.717) is 6.54 Å². The molecular formula is C18H23IN6S. The van der Waals surface area contributed by atoms with Gasteiger partial charge in [-0.15, -0.1) is 35.3 Å². The second kappa shape index (κ2) is 8.72. The van der Waals surface area contributed by atoms with Crippen molar-refractivity contribution in [2.24, 2.45) is 4.99 Å². The molecule has 0 spiro atoms. The van der Waals surface area contributed by atoms with E-state index >= 15 is 0 Å². The van der Waals surface area contributed by atoms with Crippen LogP contribution in [0.2, 0.25) is 0 Å². The van der Waals surface area contributed by atoms with Crippen LogP contribution >= 0.6 is 35.3 Å². The summed E-state index contributed by atoms with van der Waals surface area (Å²) < 4.78 is 2.06. The molecule has 0 bridgehead atoms. The highest BCUT2D eigenvalue weighted by Crippen LogP contribution is 2.16. The SMILES string of the molecule is CN=C(NCc1cn2ccsc2n1)N1CCN(c2ccccc2)CC1.I. The Hall–Kier alpha value is -1.81. The minimum Gasteiger partial charge on any atom is -0.368 e. The number of anilines is 1. The van der Waals surface area contributed by atoms with E-state index in [2.05, 4.69) is 66.0 Å². The van der Waals surface area contributed by atoms with E-state index in [1.807, 2.05) is 18.6 Å². The molecule has 1 fully saturated rings. The van der Waals surface area contributed by atoms with Crippen molar-refractivity contribution in [3.05, 3.63) is 53.8 Å². The molecule has 0 atom stereocenters. The van der Waals surface area contributed by atoms with Crippen molar-refractivity contribution >= 4 is 51.9 Å². The highest BCUT2D eigenvalue weighted by atomic mass is 127. The van der Waals surface area contributed by atoms with Gasteiger partial charge in [0, 0.05) is 56.7 Å². The van der Waals surface area contributed by atoms with Crippen LogP contribution < -0.4 is 10.2 Å². The van der Waals surface area contributed by atoms with E-state index in [0.717, 1.165) is 42.8 Å². The van der Waals surface area contributed by atoms with Crippen LogP contribution in [0.15, 0.2) is 53.1 Å². The summed E-state index contributed by atoms with van der Waals surface area (Å²) in [4.78, 5) is 14.8. The molecule has 0 unspecified atom stereocenters. The van der Waals surface area contributed by atoms with Gasteiger partial charge in [0.2, 0.25) is 0 Å². The lowest BCUT2D eigenvalue weighted by atomic mass is 10.2. The lowest BCUT2D eigenvalue weighted by Gasteiger charge is -2.37. The average Bonchev–Trinajstić information content (AvgIpc) is 3.25. The maximum absolute atomic E-state index is 4.61. The molecule has 26 heavy (non-hydrogen) atoms. The number of hydrogen-bond donors (Lipinski definition) is 1. The number of nitrogens with zero attached hydrogens (tertiary/aromatic N) is 5. The second-order valence-electron chi connectivity index (χ2n) is 6.04. The Kier molecular flexibility index (Phi) is 6.36. The van der Waals surface area contributed by atoms with E-state index < -0.39 is 0 Å². The zero-order chi connectivity index (χ0) is 17.1. The molecule has 1 aromatic carbocycles. The van der Waals surface area contributed by atoms with Crippen LogP contribution in [0.25, 0.3) is 4.96 Å². The molecule has 1 N–H and O–H groups in total. The second-order valence-corrected chi connectivity index (χ2v) is 6.91. The maximum Gasteiger partial charge on any atom is 0.194 e. The van der Waals surface area contributed by atoms with E-state index in [1.165, 1.54) is 5.69 Å². The van der Waals surface area contributed by atoms with Gasteiger partial charge in [-0.2, -0.15) is 0 Å². The highest BCUT2D eigenvalue weighted by Gasteiger charge is 2.19. The van der Waals surface area contributed by atoms with Crippen LogP contribution in [-0.4, -0.2) is 53.5 Å². The van der Waals surface area contributed by atoms with Gasteiger partial charge < -0.3 is 15.1 Å². The number of aromatic nitrogens is 2. The molecule has 1 saturated heterocycles. The molecule has 3 aromatic rings. The van der Waals surface area contributed by atoms with Crippen molar-refractivity contribution in [2.45, 2.75) is 6.54 Å². The summed E-state index contributed by atoms with van der Waals surface area (Å²) in [6, 6.07) is 10.6. The molecule has 0 saturated carbocycles. The number of hydrogen-bond acceptors (Lipinski definition) is 4. The van der Waals surface area contributed by atoms with Crippen LogP contribution in [0.1, 0.15) is 5.69 Å². The minimum atomic E-state index is 0. The van der Waals surface area contributed by atoms with Gasteiger partial charge in [-0.25, -0.2) is 4.98 Å². The van der Waals surface area contributed by atoms with Gasteiger partial charge in [0.05, 0.1) is 12.2 Å². The molecule has 8 heteroatoms. The van der Waals surface area contributed by atoms with Gasteiger partial charge in [0.25, 0.3) is 0 Å². The zero-order valence-electron chi connectivity index (χ0n) is 14.7. The van der Waals surface area contributed by atoms with Crippen molar-refractivity contribution < 1.29 is 0 Å². The van der Waals surface area contributed by atoms with Crippen LogP contribution in [0.4, 0.5) is 5.69 Å². The largest absolute Gasteiger partial charge is 0.368 e. The first-order valence-electron chi connectivity index (χ1n) is 8.50. The molecule has 1 aliphatic rings. The predicted octanol–water partition coefficient (Wildman–Crippen LogP) is 2.91. The number of thiazole rings is 1. The summed E-state index contributed by atoms with van der Waals surface area (Å²) >= 11 is 1.65. The lowest BCUT2D eigenvalue weighted by molar-refractivity contribution is 0.372. The minimum absolute atomic E-state index is 0. The maximum atomic E-state index is 4.61. The first-order chi connectivity index (χ1) is 12.3. The van der Waals surface area contributed by atoms with Gasteiger partial charge in [-0.1, -0.05) is 18.2 Å². The Morgan fingerprint density at radius 1 is 1.19 bits per heavy atom. The predicted molar refractivity (Wildman–Crippen MR) is 119 cm³/mol. The third-order valence-electron chi connectivity index (χ3n) is 4.48. The number of benzene rings is 1. The Balaban J connectivity index is 0.00000196. The molecule has 4 rings (SSSR count). The van der Waals surface area contributed by atoms with E-state index in [4.69, 9.17) is 0 Å². The van der Waals surface area contributed by atoms with Crippen LogP contribution in [-0.2, 0) is 6.54 Å². The molecule has 2 aromatic heterocycles. The number of para-hydroxylation sites is 1. The standard InChI is InChI=1S/C18H22N6S.HI/c1-19-17(20-13-15-14-24-11-12-25-18(24)21-15)23-9-7-22(8-10-23)16-5-3-2-4-6-16;/h2-6,11-12,14H,7-10,13H2,1H3,(H,19,20);1H. The van der Waals surface area contributed by atoms with Gasteiger partial charge in [0.15, 0.2) is 10.9 Å². The number of nitrogens with one attached hydrogen (secondary N) is 1. The van der Waals surface area contributed by atoms with E-state index in [9.17, 15) is 0 Å². The molecule has 3 heterocycles. The fourth-order valence-corrected chi connectivity index (χ4v) is 3.90. The number of halogens is 1. The summed E-state index contributed by atoms with van der Waals surface area (Å²) in [5, 5.41) is 5.49. The number of fused-ring (bicyclic) bond motifs is 1. The molecule has 0 radical (unpaired) electrons. The molecular weight excluding hydrogens is 459 g/mol. The summed E-state index contributed by atoms with van der Waals surface area (Å²) in [5.74, 6) is 0.948. The summed E-state index contributed by atoms with van der Waals surface area (Å²) in [6.07, 6.45) is 4.10. The highest BCUT2D eigenvalue weighted by molar-refractivity contribution is 14.0. The quantitative estimate of drug-likeness (QED) is 0.355. The number of aliphatic imine (C=N–C) groups is 1. The van der Waals surface area contributed by atoms with Crippen LogP contribution in [0.5, 0.6) is 0 Å². The van der Waals surface area contributed by atoms with Crippen LogP contribution in [0, 0.1) is 0 Å². The average molecular weight is 482 g/mol. The van der Waals surface area contributed by atoms with Gasteiger partial charge in [-0.05, 0) is 12.1 Å². The number of rotatable bonds is 3. The monoisotopic (exact) mass is 482 g/mol. The van der Waals surface area contributed by atoms with E-state index in [1.54, 1.807) is 11.3 Å². The smallest absolute Gasteiger partial charge is 0.194 e. The molecule has 1 aliphatic heterocycles. The topological polar surface area (TPSA) is 48.2 Å². The summed E-state index contributed by atoms with van der Waals surface area (Å²) in [5.41, 5.74) is 2.33. The van der Waals surface area contributed by atoms with Crippen molar-refractivity contribution in [2.75, 3.05) is 38.1 Å². The molecule has 138 valence electrons. The third kappa shape index (κ3) is 4.12. The zero-order valence-corrected chi connectivity index (χ0v) is 17.9. The number of guanidine groups is 1. The Morgan fingerprint density at radius 3 is 2.65 bits per heavy atom. The molecule has 6 nitrogen and oxygen atoms in total. The number of piperazine rings is 1. The van der Waals surface area contributed by atoms with Gasteiger partial charge >= 0.3 is 0 Å². The number of imidazole rings is 1. The molecule has 0 aliphatic carbocycles. The first kappa shape index (κ1) is 19.0. The Bertz CT molecular complexity index is 822. The van der Waals surface area contributed by atoms with Gasteiger partial charge in [0.1, 0.15) is 0 Å². The van der Waals surface area contributed by atoms with Crippen molar-refractivity contribution in [1.29, 1.82) is 0 Å². The third-order valence-corrected chi connectivity index (χ3v) is 5.25. The fourth-order valence-electron chi connectivity index (χ4n) is 3.18. The van der Waals surface area contributed by atoms with Crippen molar-refractivity contribution in [3.8, 4) is 0 Å². The van der Waals surface area contributed by atoms with Gasteiger partial charge in [-0.3, -0.25) is 9.39 Å².